The Morgan fingerprint density at radius 1 is 1.17 bits per heavy atom. The Morgan fingerprint density at radius 2 is 1.76 bits per heavy atom. The summed E-state index contributed by atoms with van der Waals surface area (Å²) in [7, 11) is 0. The van der Waals surface area contributed by atoms with Crippen LogP contribution in [-0.4, -0.2) is 43.1 Å². The molecule has 0 N–H and O–H groups in total. The molecular formula is C22H35BrO6. The maximum Gasteiger partial charge on any atom is 0.324 e. The van der Waals surface area contributed by atoms with Crippen molar-refractivity contribution in [2.45, 2.75) is 84.7 Å². The molecule has 0 radical (unpaired) electrons. The lowest BCUT2D eigenvalue weighted by atomic mass is 9.72. The topological polar surface area (TPSA) is 71.1 Å². The van der Waals surface area contributed by atoms with Crippen LogP contribution in [0.4, 0.5) is 0 Å². The third kappa shape index (κ3) is 5.61. The lowest BCUT2D eigenvalue weighted by Crippen LogP contribution is -2.56. The van der Waals surface area contributed by atoms with Gasteiger partial charge in [-0.15, -0.1) is 0 Å². The first-order chi connectivity index (χ1) is 13.6. The van der Waals surface area contributed by atoms with E-state index in [2.05, 4.69) is 43.3 Å². The summed E-state index contributed by atoms with van der Waals surface area (Å²) in [5.41, 5.74) is -1.98. The normalized spacial score (nSPS) is 28.9. The Hall–Kier alpha value is -0.920. The predicted octanol–water partition coefficient (Wildman–Crippen LogP) is 4.74. The smallest absolute Gasteiger partial charge is 0.324 e. The van der Waals surface area contributed by atoms with Gasteiger partial charge in [0.1, 0.15) is 0 Å². The Labute approximate surface area is 182 Å². The minimum absolute atomic E-state index is 0.0241. The molecule has 1 saturated carbocycles. The molecule has 166 valence electrons. The molecule has 7 heteroatoms. The quantitative estimate of drug-likeness (QED) is 0.373. The van der Waals surface area contributed by atoms with E-state index >= 15 is 0 Å². The van der Waals surface area contributed by atoms with Gasteiger partial charge in [-0.3, -0.25) is 9.59 Å². The Bertz CT molecular complexity index is 598. The molecule has 1 aliphatic carbocycles. The number of carbonyl (C=O) groups excluding carboxylic acids is 2. The maximum atomic E-state index is 13.0. The number of ether oxygens (including phenoxy) is 4. The zero-order valence-electron chi connectivity index (χ0n) is 18.3. The Balaban J connectivity index is 2.34. The van der Waals surface area contributed by atoms with Crippen LogP contribution in [0.2, 0.25) is 0 Å². The second-order valence-electron chi connectivity index (χ2n) is 8.77. The van der Waals surface area contributed by atoms with Crippen molar-refractivity contribution in [2.24, 2.45) is 17.3 Å². The number of hydrogen-bond acceptors (Lipinski definition) is 6. The van der Waals surface area contributed by atoms with Crippen molar-refractivity contribution in [3.8, 4) is 0 Å². The fourth-order valence-corrected chi connectivity index (χ4v) is 5.11. The predicted molar refractivity (Wildman–Crippen MR) is 113 cm³/mol. The van der Waals surface area contributed by atoms with Crippen molar-refractivity contribution in [3.63, 3.8) is 0 Å². The van der Waals surface area contributed by atoms with E-state index in [1.54, 1.807) is 13.8 Å². The number of rotatable bonds is 8. The molecule has 2 aliphatic rings. The molecule has 6 nitrogen and oxygen atoms in total. The van der Waals surface area contributed by atoms with Crippen LogP contribution in [0.5, 0.6) is 0 Å². The van der Waals surface area contributed by atoms with Gasteiger partial charge in [-0.2, -0.15) is 0 Å². The highest BCUT2D eigenvalue weighted by molar-refractivity contribution is 9.11. The lowest BCUT2D eigenvalue weighted by Gasteiger charge is -2.51. The lowest BCUT2D eigenvalue weighted by molar-refractivity contribution is -0.316. The van der Waals surface area contributed by atoms with Gasteiger partial charge in [-0.25, -0.2) is 0 Å². The Kier molecular flexibility index (Phi) is 8.33. The number of hydrogen-bond donors (Lipinski definition) is 0. The minimum atomic E-state index is -1.57. The number of fused-ring (bicyclic) bond motifs is 1. The molecule has 0 aromatic carbocycles. The van der Waals surface area contributed by atoms with Crippen molar-refractivity contribution in [1.29, 1.82) is 0 Å². The van der Waals surface area contributed by atoms with E-state index < -0.39 is 29.2 Å². The second-order valence-corrected chi connectivity index (χ2v) is 9.89. The van der Waals surface area contributed by atoms with Gasteiger partial charge < -0.3 is 18.9 Å². The molecule has 1 heterocycles. The Morgan fingerprint density at radius 3 is 2.28 bits per heavy atom. The van der Waals surface area contributed by atoms with Crippen molar-refractivity contribution < 1.29 is 28.5 Å². The molecule has 29 heavy (non-hydrogen) atoms. The van der Waals surface area contributed by atoms with Gasteiger partial charge in [0.2, 0.25) is 0 Å². The van der Waals surface area contributed by atoms with Gasteiger partial charge >= 0.3 is 11.9 Å². The van der Waals surface area contributed by atoms with E-state index in [0.717, 1.165) is 19.3 Å². The van der Waals surface area contributed by atoms with Crippen LogP contribution in [0.3, 0.4) is 0 Å². The molecule has 1 saturated heterocycles. The highest BCUT2D eigenvalue weighted by Crippen LogP contribution is 2.46. The van der Waals surface area contributed by atoms with Crippen molar-refractivity contribution in [2.75, 3.05) is 13.2 Å². The van der Waals surface area contributed by atoms with E-state index in [1.165, 1.54) is 0 Å². The van der Waals surface area contributed by atoms with Crippen LogP contribution in [-0.2, 0) is 28.5 Å². The van der Waals surface area contributed by atoms with E-state index in [4.69, 9.17) is 18.9 Å². The van der Waals surface area contributed by atoms with Gasteiger partial charge in [-0.1, -0.05) is 35.9 Å². The van der Waals surface area contributed by atoms with Gasteiger partial charge in [0.15, 0.2) is 11.7 Å². The zero-order chi connectivity index (χ0) is 21.8. The summed E-state index contributed by atoms with van der Waals surface area (Å²) >= 11 is 3.31. The fraction of sp³-hybridized carbons (Fsp3) is 0.818. The van der Waals surface area contributed by atoms with Crippen LogP contribution >= 0.6 is 15.9 Å². The van der Waals surface area contributed by atoms with Crippen molar-refractivity contribution in [1.82, 2.24) is 0 Å². The van der Waals surface area contributed by atoms with Crippen LogP contribution in [0, 0.1) is 17.3 Å². The SMILES string of the molecule is C=C(Br)CC(C[C@H]1O[C@H]2C[C@@H](C)CC[C@@H]2C(C)(C)O1)(C(=O)OCC)C(=O)OCC. The molecule has 1 aliphatic heterocycles. The third-order valence-electron chi connectivity index (χ3n) is 6.05. The number of carbonyl (C=O) groups is 2. The molecule has 0 spiro atoms. The molecular weight excluding hydrogens is 440 g/mol. The summed E-state index contributed by atoms with van der Waals surface area (Å²) in [6, 6.07) is 0. The highest BCUT2D eigenvalue weighted by Gasteiger charge is 2.54. The summed E-state index contributed by atoms with van der Waals surface area (Å²) in [4.78, 5) is 26.0. The standard InChI is InChI=1S/C22H35BrO6/c1-7-26-19(24)22(12-15(4)23,20(25)27-8-2)13-18-28-17-11-14(3)9-10-16(17)21(5,6)29-18/h14,16-18H,4,7-13H2,1-3,5-6H3/t14-,16-,17-,18-/m0/s1. The molecule has 0 amide bonds. The average molecular weight is 475 g/mol. The fourth-order valence-electron chi connectivity index (χ4n) is 4.63. The summed E-state index contributed by atoms with van der Waals surface area (Å²) in [5.74, 6) is -0.403. The van der Waals surface area contributed by atoms with Crippen LogP contribution in [0.1, 0.15) is 66.7 Å². The monoisotopic (exact) mass is 474 g/mol. The van der Waals surface area contributed by atoms with Crippen LogP contribution in [0.25, 0.3) is 0 Å². The first-order valence-corrected chi connectivity index (χ1v) is 11.4. The van der Waals surface area contributed by atoms with E-state index in [9.17, 15) is 9.59 Å². The molecule has 0 aromatic rings. The molecule has 2 rings (SSSR count). The van der Waals surface area contributed by atoms with Gasteiger partial charge in [0, 0.05) is 18.8 Å². The summed E-state index contributed by atoms with van der Waals surface area (Å²) in [5, 5.41) is 0. The zero-order valence-corrected chi connectivity index (χ0v) is 19.9. The van der Waals surface area contributed by atoms with Crippen LogP contribution in [0.15, 0.2) is 11.1 Å². The van der Waals surface area contributed by atoms with Crippen LogP contribution < -0.4 is 0 Å². The minimum Gasteiger partial charge on any atom is -0.465 e. The van der Waals surface area contributed by atoms with Crippen molar-refractivity contribution >= 4 is 27.9 Å². The molecule has 0 unspecified atom stereocenters. The summed E-state index contributed by atoms with van der Waals surface area (Å²) in [6.07, 6.45) is 2.56. The molecule has 4 atom stereocenters. The first-order valence-electron chi connectivity index (χ1n) is 10.6. The van der Waals surface area contributed by atoms with Crippen molar-refractivity contribution in [3.05, 3.63) is 11.1 Å². The summed E-state index contributed by atoms with van der Waals surface area (Å²) in [6.45, 7) is 13.9. The molecule has 0 bridgehead atoms. The van der Waals surface area contributed by atoms with E-state index in [0.29, 0.717) is 16.3 Å². The van der Waals surface area contributed by atoms with E-state index in [-0.39, 0.29) is 32.2 Å². The van der Waals surface area contributed by atoms with Gasteiger partial charge in [0.05, 0.1) is 24.9 Å². The van der Waals surface area contributed by atoms with Gasteiger partial charge in [0.25, 0.3) is 0 Å². The third-order valence-corrected chi connectivity index (χ3v) is 6.33. The molecule has 2 fully saturated rings. The number of allylic oxidation sites excluding steroid dienone is 1. The highest BCUT2D eigenvalue weighted by atomic mass is 79.9. The maximum absolute atomic E-state index is 13.0. The summed E-state index contributed by atoms with van der Waals surface area (Å²) < 4.78 is 23.7. The van der Waals surface area contributed by atoms with Gasteiger partial charge in [-0.05, 0) is 50.9 Å². The second kappa shape index (κ2) is 9.92. The number of halogens is 1. The largest absolute Gasteiger partial charge is 0.465 e. The number of esters is 2. The van der Waals surface area contributed by atoms with E-state index in [1.807, 2.05) is 0 Å². The molecule has 0 aromatic heterocycles. The first kappa shape index (κ1) is 24.4. The average Bonchev–Trinajstić information content (AvgIpc) is 2.59.